The number of fused-ring (bicyclic) bond motifs is 1. The number of ether oxygens (including phenoxy) is 2. The second-order valence-corrected chi connectivity index (χ2v) is 4.21. The Hall–Kier alpha value is -2.37. The summed E-state index contributed by atoms with van der Waals surface area (Å²) in [6.07, 6.45) is -0.554. The number of hydrogen-bond donors (Lipinski definition) is 1. The quantitative estimate of drug-likeness (QED) is 0.850. The van der Waals surface area contributed by atoms with E-state index in [9.17, 15) is 9.18 Å². The fourth-order valence-corrected chi connectivity index (χ4v) is 1.90. The van der Waals surface area contributed by atoms with Crippen LogP contribution in [0.5, 0.6) is 11.5 Å². The minimum Gasteiger partial charge on any atom is -0.485 e. The average Bonchev–Trinajstić information content (AvgIpc) is 2.43. The summed E-state index contributed by atoms with van der Waals surface area (Å²) in [6, 6.07) is 7.20. The van der Waals surface area contributed by atoms with Crippen LogP contribution in [-0.2, 0) is 0 Å². The van der Waals surface area contributed by atoms with Crippen molar-refractivity contribution in [1.29, 1.82) is 0 Å². The molecule has 3 rings (SSSR count). The molecule has 1 aliphatic rings. The summed E-state index contributed by atoms with van der Waals surface area (Å²) in [6.45, 7) is 1.65. The van der Waals surface area contributed by atoms with Crippen LogP contribution in [0.3, 0.4) is 0 Å². The van der Waals surface area contributed by atoms with E-state index in [0.717, 1.165) is 0 Å². The van der Waals surface area contributed by atoms with Gasteiger partial charge in [0.25, 0.3) is 5.56 Å². The van der Waals surface area contributed by atoms with Crippen LogP contribution in [-0.4, -0.2) is 16.6 Å². The Morgan fingerprint density at radius 1 is 1.37 bits per heavy atom. The van der Waals surface area contributed by atoms with Crippen molar-refractivity contribution < 1.29 is 13.9 Å². The summed E-state index contributed by atoms with van der Waals surface area (Å²) in [5, 5.41) is 0. The van der Waals surface area contributed by atoms with E-state index in [1.807, 2.05) is 12.1 Å². The van der Waals surface area contributed by atoms with Gasteiger partial charge in [-0.15, -0.1) is 0 Å². The van der Waals surface area contributed by atoms with Crippen LogP contribution in [0.25, 0.3) is 0 Å². The van der Waals surface area contributed by atoms with Crippen LogP contribution in [0.2, 0.25) is 0 Å². The van der Waals surface area contributed by atoms with Crippen LogP contribution >= 0.6 is 0 Å². The number of aryl methyl sites for hydroxylation is 1. The summed E-state index contributed by atoms with van der Waals surface area (Å²) in [4.78, 5) is 17.7. The molecule has 0 aliphatic carbocycles. The van der Waals surface area contributed by atoms with E-state index in [1.165, 1.54) is 6.92 Å². The SMILES string of the molecule is Cc1nc(C2COc3ccccc3O2)[nH]c(=O)c1F. The first-order chi connectivity index (χ1) is 9.15. The molecular weight excluding hydrogens is 251 g/mol. The predicted octanol–water partition coefficient (Wildman–Crippen LogP) is 1.73. The van der Waals surface area contributed by atoms with Crippen molar-refractivity contribution >= 4 is 0 Å². The van der Waals surface area contributed by atoms with Gasteiger partial charge in [-0.2, -0.15) is 4.39 Å². The van der Waals surface area contributed by atoms with E-state index in [1.54, 1.807) is 12.1 Å². The fraction of sp³-hybridized carbons (Fsp3) is 0.231. The lowest BCUT2D eigenvalue weighted by atomic mass is 10.2. The molecule has 0 spiro atoms. The van der Waals surface area contributed by atoms with Crippen molar-refractivity contribution in [2.75, 3.05) is 6.61 Å². The lowest BCUT2D eigenvalue weighted by Gasteiger charge is -2.25. The molecule has 5 nitrogen and oxygen atoms in total. The monoisotopic (exact) mass is 262 g/mol. The van der Waals surface area contributed by atoms with Gasteiger partial charge in [0.05, 0.1) is 5.69 Å². The van der Waals surface area contributed by atoms with Crippen molar-refractivity contribution in [2.45, 2.75) is 13.0 Å². The van der Waals surface area contributed by atoms with Gasteiger partial charge in [-0.25, -0.2) is 4.98 Å². The van der Waals surface area contributed by atoms with E-state index in [2.05, 4.69) is 9.97 Å². The molecule has 0 saturated carbocycles. The Kier molecular flexibility index (Phi) is 2.70. The van der Waals surface area contributed by atoms with E-state index >= 15 is 0 Å². The molecular formula is C13H11FN2O3. The van der Waals surface area contributed by atoms with Crippen LogP contribution in [0.4, 0.5) is 4.39 Å². The van der Waals surface area contributed by atoms with Crippen molar-refractivity contribution in [1.82, 2.24) is 9.97 Å². The van der Waals surface area contributed by atoms with Gasteiger partial charge in [0.2, 0.25) is 5.82 Å². The van der Waals surface area contributed by atoms with Gasteiger partial charge in [0.1, 0.15) is 6.61 Å². The molecule has 98 valence electrons. The Balaban J connectivity index is 1.95. The molecule has 1 unspecified atom stereocenters. The van der Waals surface area contributed by atoms with Crippen molar-refractivity contribution in [3.63, 3.8) is 0 Å². The van der Waals surface area contributed by atoms with Gasteiger partial charge in [-0.3, -0.25) is 4.79 Å². The summed E-state index contributed by atoms with van der Waals surface area (Å²) >= 11 is 0. The Morgan fingerprint density at radius 2 is 2.11 bits per heavy atom. The molecule has 1 atom stereocenters. The fourth-order valence-electron chi connectivity index (χ4n) is 1.90. The number of rotatable bonds is 1. The molecule has 0 fully saturated rings. The first kappa shape index (κ1) is 11.7. The highest BCUT2D eigenvalue weighted by Gasteiger charge is 2.25. The van der Waals surface area contributed by atoms with Gasteiger partial charge < -0.3 is 14.5 Å². The number of aromatic amines is 1. The first-order valence-corrected chi connectivity index (χ1v) is 5.80. The number of para-hydroxylation sites is 2. The van der Waals surface area contributed by atoms with Crippen LogP contribution in [0.1, 0.15) is 17.6 Å². The highest BCUT2D eigenvalue weighted by Crippen LogP contribution is 2.34. The number of aromatic nitrogens is 2. The third kappa shape index (κ3) is 2.05. The summed E-state index contributed by atoms with van der Waals surface area (Å²) in [5.74, 6) is 0.600. The number of H-pyrrole nitrogens is 1. The van der Waals surface area contributed by atoms with Crippen molar-refractivity contribution in [2.24, 2.45) is 0 Å². The number of halogens is 1. The molecule has 0 saturated heterocycles. The second-order valence-electron chi connectivity index (χ2n) is 4.21. The molecule has 6 heteroatoms. The highest BCUT2D eigenvalue weighted by atomic mass is 19.1. The Morgan fingerprint density at radius 3 is 2.84 bits per heavy atom. The van der Waals surface area contributed by atoms with Gasteiger partial charge in [0.15, 0.2) is 23.4 Å². The van der Waals surface area contributed by atoms with Gasteiger partial charge in [-0.05, 0) is 19.1 Å². The maximum absolute atomic E-state index is 13.2. The summed E-state index contributed by atoms with van der Waals surface area (Å²) in [5.41, 5.74) is -0.758. The summed E-state index contributed by atoms with van der Waals surface area (Å²) < 4.78 is 24.4. The molecule has 1 aliphatic heterocycles. The minimum atomic E-state index is -0.874. The summed E-state index contributed by atoms with van der Waals surface area (Å²) in [7, 11) is 0. The molecule has 1 N–H and O–H groups in total. The molecule has 2 heterocycles. The van der Waals surface area contributed by atoms with E-state index < -0.39 is 17.5 Å². The van der Waals surface area contributed by atoms with Crippen molar-refractivity contribution in [3.8, 4) is 11.5 Å². The second kappa shape index (κ2) is 4.38. The average molecular weight is 262 g/mol. The molecule has 1 aromatic heterocycles. The molecule has 0 radical (unpaired) electrons. The lowest BCUT2D eigenvalue weighted by molar-refractivity contribution is 0.0845. The normalized spacial score (nSPS) is 17.3. The van der Waals surface area contributed by atoms with E-state index in [0.29, 0.717) is 11.5 Å². The minimum absolute atomic E-state index is 0.0428. The zero-order valence-electron chi connectivity index (χ0n) is 10.1. The van der Waals surface area contributed by atoms with Crippen LogP contribution in [0, 0.1) is 12.7 Å². The van der Waals surface area contributed by atoms with E-state index in [-0.39, 0.29) is 18.1 Å². The lowest BCUT2D eigenvalue weighted by Crippen LogP contribution is -2.27. The highest BCUT2D eigenvalue weighted by molar-refractivity contribution is 5.41. The van der Waals surface area contributed by atoms with Gasteiger partial charge >= 0.3 is 0 Å². The maximum atomic E-state index is 13.2. The third-order valence-corrected chi connectivity index (χ3v) is 2.86. The molecule has 1 aromatic carbocycles. The largest absolute Gasteiger partial charge is 0.485 e. The Labute approximate surface area is 108 Å². The molecule has 2 aromatic rings. The maximum Gasteiger partial charge on any atom is 0.287 e. The molecule has 19 heavy (non-hydrogen) atoms. The van der Waals surface area contributed by atoms with Gasteiger partial charge in [-0.1, -0.05) is 12.1 Å². The van der Waals surface area contributed by atoms with E-state index in [4.69, 9.17) is 9.47 Å². The molecule has 0 bridgehead atoms. The zero-order valence-corrected chi connectivity index (χ0v) is 10.1. The molecule has 0 amide bonds. The third-order valence-electron chi connectivity index (χ3n) is 2.86. The smallest absolute Gasteiger partial charge is 0.287 e. The van der Waals surface area contributed by atoms with Crippen LogP contribution in [0.15, 0.2) is 29.1 Å². The first-order valence-electron chi connectivity index (χ1n) is 5.80. The van der Waals surface area contributed by atoms with Gasteiger partial charge in [0, 0.05) is 0 Å². The zero-order chi connectivity index (χ0) is 13.4. The Bertz CT molecular complexity index is 684. The van der Waals surface area contributed by atoms with Crippen molar-refractivity contribution in [3.05, 3.63) is 52.0 Å². The standard InChI is InChI=1S/C13H11FN2O3/c1-7-11(14)13(17)16-12(15-7)10-6-18-8-4-2-3-5-9(8)19-10/h2-5,10H,6H2,1H3,(H,15,16,17). The van der Waals surface area contributed by atoms with Crippen LogP contribution < -0.4 is 15.0 Å². The number of benzene rings is 1. The number of nitrogens with zero attached hydrogens (tertiary/aromatic N) is 1. The predicted molar refractivity (Wildman–Crippen MR) is 64.9 cm³/mol. The number of nitrogens with one attached hydrogen (secondary N) is 1. The topological polar surface area (TPSA) is 64.2 Å². The number of hydrogen-bond acceptors (Lipinski definition) is 4.